The molecule has 2 aromatic heterocycles. The minimum Gasteiger partial charge on any atom is -0.481 e. The van der Waals surface area contributed by atoms with E-state index in [-0.39, 0.29) is 54.5 Å². The molecule has 0 aliphatic rings. The van der Waals surface area contributed by atoms with Gasteiger partial charge in [0.25, 0.3) is 11.1 Å². The van der Waals surface area contributed by atoms with E-state index in [1.54, 1.807) is 99.5 Å². The molecule has 4 aromatic carbocycles. The maximum Gasteiger partial charge on any atom is 0.408 e. The van der Waals surface area contributed by atoms with Gasteiger partial charge in [-0.25, -0.2) is 9.59 Å². The minimum atomic E-state index is -1.09. The van der Waals surface area contributed by atoms with Crippen LogP contribution in [0, 0.1) is 25.7 Å². The number of carbonyl (C=O) groups excluding carboxylic acids is 5. The minimum absolute atomic E-state index is 0.0271. The van der Waals surface area contributed by atoms with Crippen LogP contribution >= 0.6 is 0 Å². The van der Waals surface area contributed by atoms with Crippen LogP contribution in [0.2, 0.25) is 0 Å². The summed E-state index contributed by atoms with van der Waals surface area (Å²) in [6.07, 6.45) is 8.02. The van der Waals surface area contributed by atoms with E-state index >= 15 is 0 Å². The molecule has 0 aliphatic carbocycles. The number of rotatable bonds is 28. The van der Waals surface area contributed by atoms with E-state index in [9.17, 15) is 43.5 Å². The zero-order chi connectivity index (χ0) is 66.3. The Labute approximate surface area is 530 Å². The first-order chi connectivity index (χ1) is 42.4. The van der Waals surface area contributed by atoms with Crippen molar-refractivity contribution < 1.29 is 48.1 Å². The molecule has 0 unspecified atom stereocenters. The SMILES string of the molecule is Cc1ccn(CCCCC(C)C)c(=O)c1NC(=O)[C@@H](Cc1ccc(C(C)(C)C(=O)O)cc1)NC(=O)OCc1ccccc1.Cc1ccn(CCCCC(C)C)c(=O)c1NC(=O)[C@@H](Cc1ccc(C(C)(C)C(=O)OC(C)(C)C)cc1)NC(=O)OCc1ccccc1. The van der Waals surface area contributed by atoms with E-state index in [0.717, 1.165) is 60.8 Å². The lowest BCUT2D eigenvalue weighted by atomic mass is 9.84. The third-order valence-corrected chi connectivity index (χ3v) is 15.4. The fourth-order valence-corrected chi connectivity index (χ4v) is 9.54. The molecule has 0 saturated heterocycles. The number of aliphatic carboxylic acids is 1. The van der Waals surface area contributed by atoms with Gasteiger partial charge in [-0.1, -0.05) is 163 Å². The maximum absolute atomic E-state index is 13.7. The second-order valence-corrected chi connectivity index (χ2v) is 25.9. The highest BCUT2D eigenvalue weighted by molar-refractivity contribution is 5.98. The van der Waals surface area contributed by atoms with Gasteiger partial charge in [0, 0.05) is 38.3 Å². The van der Waals surface area contributed by atoms with Crippen LogP contribution in [0.15, 0.2) is 143 Å². The van der Waals surface area contributed by atoms with Crippen molar-refractivity contribution in [2.24, 2.45) is 11.8 Å². The number of nitrogens with one attached hydrogen (secondary N) is 4. The Hall–Kier alpha value is -8.80. The number of benzene rings is 4. The Bertz CT molecular complexity index is 3460. The molecule has 0 fully saturated rings. The summed E-state index contributed by atoms with van der Waals surface area (Å²) in [4.78, 5) is 104. The molecule has 18 nitrogen and oxygen atoms in total. The lowest BCUT2D eigenvalue weighted by Crippen LogP contribution is -2.46. The van der Waals surface area contributed by atoms with Gasteiger partial charge in [-0.05, 0) is 144 Å². The Morgan fingerprint density at radius 2 is 0.856 bits per heavy atom. The summed E-state index contributed by atoms with van der Waals surface area (Å²) < 4.78 is 19.6. The molecule has 484 valence electrons. The average Bonchev–Trinajstić information content (AvgIpc) is 0.903. The van der Waals surface area contributed by atoms with E-state index in [4.69, 9.17) is 14.2 Å². The topological polar surface area (TPSA) is 242 Å². The number of nitrogens with zero attached hydrogens (tertiary/aromatic N) is 2. The highest BCUT2D eigenvalue weighted by atomic mass is 16.6. The van der Waals surface area contributed by atoms with Crippen molar-refractivity contribution in [3.63, 3.8) is 0 Å². The van der Waals surface area contributed by atoms with Crippen molar-refractivity contribution in [1.29, 1.82) is 0 Å². The number of aryl methyl sites for hydroxylation is 4. The second-order valence-electron chi connectivity index (χ2n) is 25.9. The predicted octanol–water partition coefficient (Wildman–Crippen LogP) is 12.9. The number of hydrogen-bond donors (Lipinski definition) is 5. The van der Waals surface area contributed by atoms with Crippen LogP contribution in [-0.4, -0.2) is 67.9 Å². The first kappa shape index (κ1) is 71.9. The lowest BCUT2D eigenvalue weighted by molar-refractivity contribution is -0.160. The highest BCUT2D eigenvalue weighted by Gasteiger charge is 2.35. The molecule has 2 heterocycles. The molecule has 0 aliphatic heterocycles. The van der Waals surface area contributed by atoms with Gasteiger partial charge in [0.1, 0.15) is 42.3 Å². The molecule has 5 N–H and O–H groups in total. The van der Waals surface area contributed by atoms with E-state index in [1.807, 2.05) is 106 Å². The van der Waals surface area contributed by atoms with Crippen LogP contribution in [0.25, 0.3) is 0 Å². The Morgan fingerprint density at radius 3 is 1.20 bits per heavy atom. The largest absolute Gasteiger partial charge is 0.481 e. The molecule has 90 heavy (non-hydrogen) atoms. The fourth-order valence-electron chi connectivity index (χ4n) is 9.54. The zero-order valence-corrected chi connectivity index (χ0v) is 54.8. The van der Waals surface area contributed by atoms with Crippen LogP contribution in [0.3, 0.4) is 0 Å². The molecule has 0 bridgehead atoms. The second kappa shape index (κ2) is 33.7. The van der Waals surface area contributed by atoms with Crippen LogP contribution in [0.5, 0.6) is 0 Å². The number of carboxylic acids is 1. The number of pyridine rings is 2. The molecule has 6 rings (SSSR count). The van der Waals surface area contributed by atoms with Crippen molar-refractivity contribution in [2.45, 2.75) is 196 Å². The molecular formula is C72H94N6O12. The zero-order valence-electron chi connectivity index (χ0n) is 54.8. The van der Waals surface area contributed by atoms with Crippen molar-refractivity contribution in [2.75, 3.05) is 10.6 Å². The molecule has 18 heteroatoms. The van der Waals surface area contributed by atoms with Gasteiger partial charge in [-0.2, -0.15) is 0 Å². The van der Waals surface area contributed by atoms with Crippen molar-refractivity contribution >= 4 is 47.3 Å². The summed E-state index contributed by atoms with van der Waals surface area (Å²) >= 11 is 0. The number of carbonyl (C=O) groups is 6. The van der Waals surface area contributed by atoms with Crippen LogP contribution in [0.1, 0.15) is 159 Å². The van der Waals surface area contributed by atoms with Gasteiger partial charge >= 0.3 is 24.1 Å². The van der Waals surface area contributed by atoms with Crippen molar-refractivity contribution in [3.05, 3.63) is 199 Å². The highest BCUT2D eigenvalue weighted by Crippen LogP contribution is 2.29. The van der Waals surface area contributed by atoms with E-state index in [1.165, 1.54) is 0 Å². The Morgan fingerprint density at radius 1 is 0.489 bits per heavy atom. The summed E-state index contributed by atoms with van der Waals surface area (Å²) in [7, 11) is 0. The summed E-state index contributed by atoms with van der Waals surface area (Å²) in [5, 5.41) is 20.5. The molecule has 4 amide bonds. The number of carboxylic acid groups (broad SMARTS) is 1. The Kier molecular flexibility index (Phi) is 26.9. The molecule has 0 radical (unpaired) electrons. The first-order valence-corrected chi connectivity index (χ1v) is 31.1. The normalized spacial score (nSPS) is 12.2. The molecule has 0 saturated carbocycles. The number of alkyl carbamates (subject to hydrolysis) is 2. The van der Waals surface area contributed by atoms with Gasteiger partial charge in [0.15, 0.2) is 0 Å². The average molecular weight is 1240 g/mol. The fraction of sp³-hybridized carbons (Fsp3) is 0.444. The van der Waals surface area contributed by atoms with Gasteiger partial charge in [0.05, 0.1) is 10.8 Å². The summed E-state index contributed by atoms with van der Waals surface area (Å²) in [6, 6.07) is 34.0. The van der Waals surface area contributed by atoms with E-state index in [0.29, 0.717) is 47.2 Å². The monoisotopic (exact) mass is 1230 g/mol. The lowest BCUT2D eigenvalue weighted by Gasteiger charge is -2.29. The van der Waals surface area contributed by atoms with Crippen molar-refractivity contribution in [3.8, 4) is 0 Å². The summed E-state index contributed by atoms with van der Waals surface area (Å²) in [5.41, 5.74) is 2.78. The molecule has 0 spiro atoms. The van der Waals surface area contributed by atoms with Gasteiger partial charge in [0.2, 0.25) is 11.8 Å². The van der Waals surface area contributed by atoms with Crippen LogP contribution in [0.4, 0.5) is 21.0 Å². The third kappa shape index (κ3) is 22.7. The van der Waals surface area contributed by atoms with Crippen LogP contribution < -0.4 is 32.4 Å². The van der Waals surface area contributed by atoms with Crippen LogP contribution in [-0.2, 0) is 83.4 Å². The maximum atomic E-state index is 13.7. The smallest absolute Gasteiger partial charge is 0.408 e. The quantitative estimate of drug-likeness (QED) is 0.0175. The number of anilines is 2. The van der Waals surface area contributed by atoms with Gasteiger partial charge < -0.3 is 49.7 Å². The standard InChI is InChI=1S/C38H51N3O6.C34H43N3O6/c1-26(2)14-12-13-22-41-23-21-27(3)32(34(41)43)40-33(42)31(39-36(45)46-25-29-15-10-9-11-16-29)24-28-17-19-30(20-18-28)38(7,8)35(44)47-37(4,5)6;1-23(2)11-9-10-19-37-20-18-24(3)29(31(37)39)36-30(38)28(35-33(42)43-22-26-12-7-6-8-13-26)21-25-14-16-27(17-15-25)34(4,5)32(40)41/h9-11,15-21,23,26,31H,12-14,22,24-25H2,1-8H3,(H,39,45)(H,40,42);6-8,12-18,20,23,28H,9-11,19,21-22H2,1-5H3,(H,35,42)(H,36,38)(H,40,41)/t31-;28-/m11/s1. The number of amides is 4. The molecule has 2 atom stereocenters. The summed E-state index contributed by atoms with van der Waals surface area (Å²) in [6.45, 7) is 25.7. The molecular weight excluding hydrogens is 1140 g/mol. The third-order valence-electron chi connectivity index (χ3n) is 15.4. The number of unbranched alkanes of at least 4 members (excludes halogenated alkanes) is 2. The number of esters is 1. The number of aromatic nitrogens is 2. The predicted molar refractivity (Wildman–Crippen MR) is 352 cm³/mol. The van der Waals surface area contributed by atoms with Gasteiger partial charge in [-0.15, -0.1) is 0 Å². The van der Waals surface area contributed by atoms with Crippen molar-refractivity contribution in [1.82, 2.24) is 19.8 Å². The van der Waals surface area contributed by atoms with E-state index < -0.39 is 58.5 Å². The first-order valence-electron chi connectivity index (χ1n) is 31.1. The number of ether oxygens (including phenoxy) is 3. The van der Waals surface area contributed by atoms with Gasteiger partial charge in [-0.3, -0.25) is 28.8 Å². The number of hydrogen-bond acceptors (Lipinski definition) is 11. The summed E-state index contributed by atoms with van der Waals surface area (Å²) in [5.74, 6) is -1.22. The van der Waals surface area contributed by atoms with E-state index in [2.05, 4.69) is 49.0 Å². The Balaban J connectivity index is 0.000000329. The molecule has 6 aromatic rings.